The summed E-state index contributed by atoms with van der Waals surface area (Å²) in [6.45, 7) is 2.83. The fourth-order valence-corrected chi connectivity index (χ4v) is 5.14. The number of rotatable bonds is 8. The summed E-state index contributed by atoms with van der Waals surface area (Å²) in [4.78, 5) is 35.5. The quantitative estimate of drug-likeness (QED) is 0.325. The Bertz CT molecular complexity index is 1340. The van der Waals surface area contributed by atoms with E-state index in [1.165, 1.54) is 18.3 Å². The number of nitrogens with two attached hydrogens (primary N) is 1. The van der Waals surface area contributed by atoms with Gasteiger partial charge in [0.2, 0.25) is 5.89 Å². The summed E-state index contributed by atoms with van der Waals surface area (Å²) < 4.78 is 44.6. The van der Waals surface area contributed by atoms with E-state index in [1.54, 1.807) is 10.9 Å². The lowest BCUT2D eigenvalue weighted by Gasteiger charge is -2.39. The van der Waals surface area contributed by atoms with Crippen LogP contribution in [0.15, 0.2) is 35.2 Å². The number of carbonyl (C=O) groups excluding carboxylic acids is 2. The van der Waals surface area contributed by atoms with Crippen molar-refractivity contribution in [1.82, 2.24) is 30.0 Å². The number of nitrogens with one attached hydrogen (secondary N) is 3. The Morgan fingerprint density at radius 2 is 1.88 bits per heavy atom. The number of halogens is 3. The Balaban J connectivity index is 1.24. The summed E-state index contributed by atoms with van der Waals surface area (Å²) in [6.07, 6.45) is 3.41. The monoisotopic (exact) mass is 561 g/mol. The van der Waals surface area contributed by atoms with Gasteiger partial charge in [-0.1, -0.05) is 0 Å². The van der Waals surface area contributed by atoms with Crippen LogP contribution in [0.4, 0.5) is 24.7 Å². The highest BCUT2D eigenvalue weighted by Crippen LogP contribution is 2.32. The maximum atomic E-state index is 12.9. The van der Waals surface area contributed by atoms with Crippen molar-refractivity contribution in [3.05, 3.63) is 42.2 Å². The number of alkyl halides is 3. The van der Waals surface area contributed by atoms with Gasteiger partial charge in [-0.3, -0.25) is 19.2 Å². The van der Waals surface area contributed by atoms with E-state index in [0.717, 1.165) is 58.1 Å². The third-order valence-corrected chi connectivity index (χ3v) is 7.14. The number of aromatic nitrogens is 4. The van der Waals surface area contributed by atoms with Gasteiger partial charge < -0.3 is 26.1 Å². The van der Waals surface area contributed by atoms with Crippen molar-refractivity contribution in [2.45, 2.75) is 43.9 Å². The molecule has 2 fully saturated rings. The van der Waals surface area contributed by atoms with Gasteiger partial charge in [-0.15, -0.1) is 0 Å². The van der Waals surface area contributed by atoms with E-state index in [4.69, 9.17) is 10.2 Å². The molecule has 0 radical (unpaired) electrons. The number of hydrogen-bond donors (Lipinski definition) is 4. The van der Waals surface area contributed by atoms with Gasteiger partial charge in [0, 0.05) is 50.2 Å². The van der Waals surface area contributed by atoms with Gasteiger partial charge in [0.15, 0.2) is 11.4 Å². The van der Waals surface area contributed by atoms with E-state index >= 15 is 0 Å². The summed E-state index contributed by atoms with van der Waals surface area (Å²) in [7, 11) is 0. The summed E-state index contributed by atoms with van der Waals surface area (Å²) in [5.41, 5.74) is 5.86. The topological polar surface area (TPSA) is 156 Å². The second-order valence-electron chi connectivity index (χ2n) is 9.87. The molecule has 5 rings (SSSR count). The Morgan fingerprint density at radius 3 is 2.58 bits per heavy atom. The highest BCUT2D eigenvalue weighted by atomic mass is 19.4. The van der Waals surface area contributed by atoms with Gasteiger partial charge >= 0.3 is 6.18 Å². The smallest absolute Gasteiger partial charge is 0.405 e. The first-order valence-electron chi connectivity index (χ1n) is 13.0. The lowest BCUT2D eigenvalue weighted by molar-refractivity contribution is -0.115. The highest BCUT2D eigenvalue weighted by Gasteiger charge is 2.30. The first-order valence-corrected chi connectivity index (χ1v) is 13.0. The molecule has 1 saturated heterocycles. The number of carbonyl (C=O) groups is 2. The second-order valence-corrected chi connectivity index (χ2v) is 9.87. The summed E-state index contributed by atoms with van der Waals surface area (Å²) in [6, 6.07) is 3.42. The standard InChI is InChI=1S/C25H30F3N9O3/c26-25(27,28)14-32-20-11-15(5-6-31-20)24-34-19(13-40-24)23(39)33-18-12-37(35-21(18)22(29)38)17-3-1-16(2-4-17)36-9-7-30-8-10-36/h5-6,11-13,16-17,30H,1-4,7-10,14H2,(H2,29,38)(H,31,32)(H,33,39). The zero-order valence-corrected chi connectivity index (χ0v) is 21.6. The largest absolute Gasteiger partial charge is 0.444 e. The molecule has 0 spiro atoms. The molecular weight excluding hydrogens is 531 g/mol. The SMILES string of the molecule is NC(=O)c1nn(C2CCC(N3CCNCC3)CC2)cc1NC(=O)c1coc(-c2ccnc(NCC(F)(F)F)c2)n1. The van der Waals surface area contributed by atoms with Crippen molar-refractivity contribution in [3.63, 3.8) is 0 Å². The van der Waals surface area contributed by atoms with Gasteiger partial charge in [0.25, 0.3) is 11.8 Å². The molecule has 1 aliphatic heterocycles. The molecule has 5 N–H and O–H groups in total. The van der Waals surface area contributed by atoms with E-state index < -0.39 is 24.5 Å². The Hall–Kier alpha value is -3.98. The molecule has 2 amide bonds. The zero-order chi connectivity index (χ0) is 28.3. The zero-order valence-electron chi connectivity index (χ0n) is 21.6. The number of piperazine rings is 1. The molecule has 1 saturated carbocycles. The highest BCUT2D eigenvalue weighted by molar-refractivity contribution is 6.07. The lowest BCUT2D eigenvalue weighted by atomic mass is 9.90. The summed E-state index contributed by atoms with van der Waals surface area (Å²) in [5.74, 6) is -1.46. The molecule has 15 heteroatoms. The average Bonchev–Trinajstić information content (AvgIpc) is 3.61. The van der Waals surface area contributed by atoms with E-state index in [1.807, 2.05) is 0 Å². The second kappa shape index (κ2) is 11.6. The van der Waals surface area contributed by atoms with Crippen LogP contribution >= 0.6 is 0 Å². The number of pyridine rings is 1. The molecule has 0 unspecified atom stereocenters. The van der Waals surface area contributed by atoms with Gasteiger partial charge in [-0.05, 0) is 37.8 Å². The number of primary amides is 1. The van der Waals surface area contributed by atoms with Gasteiger partial charge in [0.05, 0.1) is 11.7 Å². The van der Waals surface area contributed by atoms with Crippen LogP contribution < -0.4 is 21.7 Å². The molecule has 4 heterocycles. The van der Waals surface area contributed by atoms with Crippen LogP contribution in [0, 0.1) is 0 Å². The van der Waals surface area contributed by atoms with E-state index in [2.05, 4.69) is 35.9 Å². The van der Waals surface area contributed by atoms with Gasteiger partial charge in [-0.2, -0.15) is 18.3 Å². The Labute approximate surface area is 227 Å². The molecule has 1 aliphatic carbocycles. The molecule has 0 aromatic carbocycles. The molecule has 40 heavy (non-hydrogen) atoms. The third kappa shape index (κ3) is 6.59. The molecule has 214 valence electrons. The molecule has 3 aromatic rings. The first kappa shape index (κ1) is 27.6. The maximum absolute atomic E-state index is 12.9. The van der Waals surface area contributed by atoms with Crippen molar-refractivity contribution >= 4 is 23.3 Å². The Kier molecular flexibility index (Phi) is 8.02. The molecule has 2 aliphatic rings. The fourth-order valence-electron chi connectivity index (χ4n) is 5.14. The number of anilines is 2. The molecule has 3 aromatic heterocycles. The minimum Gasteiger partial charge on any atom is -0.444 e. The van der Waals surface area contributed by atoms with E-state index in [9.17, 15) is 22.8 Å². The number of amides is 2. The fraction of sp³-hybridized carbons (Fsp3) is 0.480. The third-order valence-electron chi connectivity index (χ3n) is 7.14. The molecule has 0 atom stereocenters. The average molecular weight is 562 g/mol. The van der Waals surface area contributed by atoms with Crippen LogP contribution in [0.25, 0.3) is 11.5 Å². The van der Waals surface area contributed by atoms with Gasteiger partial charge in [0.1, 0.15) is 18.6 Å². The minimum atomic E-state index is -4.41. The molecule has 12 nitrogen and oxygen atoms in total. The van der Waals surface area contributed by atoms with Gasteiger partial charge in [-0.25, -0.2) is 9.97 Å². The van der Waals surface area contributed by atoms with Crippen molar-refractivity contribution in [2.75, 3.05) is 43.4 Å². The lowest BCUT2D eigenvalue weighted by Crippen LogP contribution is -2.49. The van der Waals surface area contributed by atoms with E-state index in [0.29, 0.717) is 11.6 Å². The predicted octanol–water partition coefficient (Wildman–Crippen LogP) is 2.65. The van der Waals surface area contributed by atoms with Crippen molar-refractivity contribution in [3.8, 4) is 11.5 Å². The van der Waals surface area contributed by atoms with Crippen LogP contribution in [0.3, 0.4) is 0 Å². The first-order chi connectivity index (χ1) is 19.2. The normalized spacial score (nSPS) is 20.3. The van der Waals surface area contributed by atoms with Crippen LogP contribution in [-0.2, 0) is 0 Å². The van der Waals surface area contributed by atoms with E-state index in [-0.39, 0.29) is 34.8 Å². The summed E-state index contributed by atoms with van der Waals surface area (Å²) >= 11 is 0. The van der Waals surface area contributed by atoms with Crippen LogP contribution in [-0.4, -0.2) is 81.4 Å². The maximum Gasteiger partial charge on any atom is 0.405 e. The number of oxazole rings is 1. The van der Waals surface area contributed by atoms with Crippen LogP contribution in [0.1, 0.15) is 52.7 Å². The van der Waals surface area contributed by atoms with Crippen molar-refractivity contribution in [1.29, 1.82) is 0 Å². The van der Waals surface area contributed by atoms with Crippen molar-refractivity contribution in [2.24, 2.45) is 5.73 Å². The van der Waals surface area contributed by atoms with Crippen LogP contribution in [0.5, 0.6) is 0 Å². The van der Waals surface area contributed by atoms with Crippen LogP contribution in [0.2, 0.25) is 0 Å². The molecule has 0 bridgehead atoms. The number of nitrogens with zero attached hydrogens (tertiary/aromatic N) is 5. The van der Waals surface area contributed by atoms with Crippen molar-refractivity contribution < 1.29 is 27.2 Å². The summed E-state index contributed by atoms with van der Waals surface area (Å²) in [5, 5.41) is 12.6. The minimum absolute atomic E-state index is 0.00896. The Morgan fingerprint density at radius 1 is 1.15 bits per heavy atom. The predicted molar refractivity (Wildman–Crippen MR) is 139 cm³/mol. The number of hydrogen-bond acceptors (Lipinski definition) is 9. The molecular formula is C25H30F3N9O3.